The average molecular weight is 323 g/mol. The van der Waals surface area contributed by atoms with Crippen LogP contribution in [0.1, 0.15) is 11.6 Å². The van der Waals surface area contributed by atoms with Gasteiger partial charge in [0.05, 0.1) is 6.07 Å². The summed E-state index contributed by atoms with van der Waals surface area (Å²) in [6.45, 7) is -0.219. The Balaban J connectivity index is 2.22. The van der Waals surface area contributed by atoms with Crippen molar-refractivity contribution in [1.29, 1.82) is 5.26 Å². The van der Waals surface area contributed by atoms with E-state index in [1.807, 2.05) is 0 Å². The molecule has 0 aromatic heterocycles. The maximum absolute atomic E-state index is 12.0. The lowest BCUT2D eigenvalue weighted by molar-refractivity contribution is -0.123. The molecule has 1 unspecified atom stereocenters. The molecule has 0 aliphatic carbocycles. The van der Waals surface area contributed by atoms with Crippen molar-refractivity contribution >= 4 is 33.4 Å². The van der Waals surface area contributed by atoms with Gasteiger partial charge in [-0.1, -0.05) is 15.9 Å². The molecule has 7 heteroatoms. The van der Waals surface area contributed by atoms with Crippen LogP contribution >= 0.6 is 15.9 Å². The van der Waals surface area contributed by atoms with Crippen LogP contribution in [0.4, 0.5) is 5.69 Å². The van der Waals surface area contributed by atoms with Gasteiger partial charge in [0.1, 0.15) is 19.1 Å². The predicted octanol–water partition coefficient (Wildman–Crippen LogP) is 0.435. The molecular formula is C12H11BrN4O2. The normalized spacial score (nSPS) is 17.0. The van der Waals surface area contributed by atoms with Gasteiger partial charge in [0.2, 0.25) is 11.8 Å². The number of benzene rings is 1. The van der Waals surface area contributed by atoms with Gasteiger partial charge in [0.25, 0.3) is 0 Å². The Bertz CT molecular complexity index is 582. The van der Waals surface area contributed by atoms with Crippen molar-refractivity contribution in [2.45, 2.75) is 6.04 Å². The maximum Gasteiger partial charge on any atom is 0.249 e. The van der Waals surface area contributed by atoms with Crippen LogP contribution in [-0.4, -0.2) is 24.9 Å². The number of hydrogen-bond donors (Lipinski definition) is 2. The highest BCUT2D eigenvalue weighted by atomic mass is 79.9. The van der Waals surface area contributed by atoms with Crippen molar-refractivity contribution in [2.24, 2.45) is 5.73 Å². The SMILES string of the molecule is N#CCNC(=O)CN1C(=O)C(N)c2cc(Br)ccc21. The molecule has 0 saturated heterocycles. The molecule has 98 valence electrons. The second-order valence-electron chi connectivity index (χ2n) is 4.04. The van der Waals surface area contributed by atoms with Gasteiger partial charge in [-0.05, 0) is 18.2 Å². The van der Waals surface area contributed by atoms with Crippen LogP contribution in [-0.2, 0) is 9.59 Å². The number of fused-ring (bicyclic) bond motifs is 1. The molecule has 19 heavy (non-hydrogen) atoms. The van der Waals surface area contributed by atoms with Crippen LogP contribution in [0.5, 0.6) is 0 Å². The molecule has 1 atom stereocenters. The minimum absolute atomic E-state index is 0.0832. The zero-order chi connectivity index (χ0) is 14.0. The zero-order valence-electron chi connectivity index (χ0n) is 9.89. The van der Waals surface area contributed by atoms with E-state index in [9.17, 15) is 9.59 Å². The van der Waals surface area contributed by atoms with Crippen molar-refractivity contribution < 1.29 is 9.59 Å². The van der Waals surface area contributed by atoms with Gasteiger partial charge < -0.3 is 16.0 Å². The Morgan fingerprint density at radius 3 is 3.00 bits per heavy atom. The van der Waals surface area contributed by atoms with Crippen LogP contribution in [0, 0.1) is 11.3 Å². The Labute approximate surface area is 118 Å². The summed E-state index contributed by atoms with van der Waals surface area (Å²) < 4.78 is 0.824. The van der Waals surface area contributed by atoms with Gasteiger partial charge in [0.15, 0.2) is 0 Å². The summed E-state index contributed by atoms with van der Waals surface area (Å²) in [5.41, 5.74) is 7.15. The summed E-state index contributed by atoms with van der Waals surface area (Å²) in [7, 11) is 0. The lowest BCUT2D eigenvalue weighted by Crippen LogP contribution is -2.40. The molecule has 0 radical (unpaired) electrons. The second-order valence-corrected chi connectivity index (χ2v) is 4.96. The van der Waals surface area contributed by atoms with Gasteiger partial charge in [-0.15, -0.1) is 0 Å². The summed E-state index contributed by atoms with van der Waals surface area (Å²) in [6, 6.07) is 6.34. The molecule has 1 heterocycles. The third-order valence-corrected chi connectivity index (χ3v) is 3.31. The molecule has 0 spiro atoms. The standard InChI is InChI=1S/C12H11BrN4O2/c13-7-1-2-9-8(5-7)11(15)12(19)17(9)6-10(18)16-4-3-14/h1-2,5,11H,4,6,15H2,(H,16,18). The number of nitrogens with one attached hydrogen (secondary N) is 1. The number of hydrogen-bond acceptors (Lipinski definition) is 4. The maximum atomic E-state index is 12.0. The van der Waals surface area contributed by atoms with E-state index < -0.39 is 11.9 Å². The molecule has 2 rings (SSSR count). The Kier molecular flexibility index (Phi) is 3.83. The Hall–Kier alpha value is -1.91. The van der Waals surface area contributed by atoms with Gasteiger partial charge >= 0.3 is 0 Å². The number of anilines is 1. The number of rotatable bonds is 3. The molecule has 0 bridgehead atoms. The topological polar surface area (TPSA) is 99.2 Å². The number of nitrogens with two attached hydrogens (primary N) is 1. The molecule has 3 N–H and O–H groups in total. The van der Waals surface area contributed by atoms with Crippen LogP contribution in [0.2, 0.25) is 0 Å². The number of halogens is 1. The highest BCUT2D eigenvalue weighted by molar-refractivity contribution is 9.10. The number of nitrogens with zero attached hydrogens (tertiary/aromatic N) is 2. The molecule has 1 aromatic rings. The molecular weight excluding hydrogens is 312 g/mol. The second kappa shape index (κ2) is 5.38. The van der Waals surface area contributed by atoms with E-state index in [0.29, 0.717) is 11.3 Å². The lowest BCUT2D eigenvalue weighted by Gasteiger charge is -2.16. The number of carbonyl (C=O) groups excluding carboxylic acids is 2. The van der Waals surface area contributed by atoms with Crippen molar-refractivity contribution in [2.75, 3.05) is 18.0 Å². The molecule has 2 amide bonds. The van der Waals surface area contributed by atoms with Gasteiger partial charge in [0, 0.05) is 15.7 Å². The van der Waals surface area contributed by atoms with Crippen LogP contribution < -0.4 is 16.0 Å². The highest BCUT2D eigenvalue weighted by Gasteiger charge is 2.35. The number of nitriles is 1. The smallest absolute Gasteiger partial charge is 0.249 e. The fourth-order valence-electron chi connectivity index (χ4n) is 1.94. The molecule has 6 nitrogen and oxygen atoms in total. The van der Waals surface area contributed by atoms with Gasteiger partial charge in [-0.2, -0.15) is 5.26 Å². The van der Waals surface area contributed by atoms with Crippen molar-refractivity contribution in [1.82, 2.24) is 5.32 Å². The first-order valence-corrected chi connectivity index (χ1v) is 6.34. The average Bonchev–Trinajstić information content (AvgIpc) is 2.61. The predicted molar refractivity (Wildman–Crippen MR) is 72.0 cm³/mol. The van der Waals surface area contributed by atoms with Crippen molar-refractivity contribution in [3.8, 4) is 6.07 Å². The number of carbonyl (C=O) groups is 2. The minimum atomic E-state index is -0.753. The van der Waals surface area contributed by atoms with Crippen LogP contribution in [0.25, 0.3) is 0 Å². The van der Waals surface area contributed by atoms with Crippen molar-refractivity contribution in [3.05, 3.63) is 28.2 Å². The molecule has 0 saturated carbocycles. The Morgan fingerprint density at radius 1 is 1.58 bits per heavy atom. The minimum Gasteiger partial charge on any atom is -0.341 e. The van der Waals surface area contributed by atoms with Crippen LogP contribution in [0.3, 0.4) is 0 Å². The monoisotopic (exact) mass is 322 g/mol. The zero-order valence-corrected chi connectivity index (χ0v) is 11.5. The molecule has 0 fully saturated rings. The molecule has 1 aromatic carbocycles. The first kappa shape index (κ1) is 13.5. The van der Waals surface area contributed by atoms with E-state index in [0.717, 1.165) is 4.47 Å². The van der Waals surface area contributed by atoms with E-state index >= 15 is 0 Å². The highest BCUT2D eigenvalue weighted by Crippen LogP contribution is 2.35. The number of amides is 2. The van der Waals surface area contributed by atoms with E-state index in [2.05, 4.69) is 21.2 Å². The van der Waals surface area contributed by atoms with Crippen LogP contribution in [0.15, 0.2) is 22.7 Å². The lowest BCUT2D eigenvalue weighted by atomic mass is 10.1. The van der Waals surface area contributed by atoms with E-state index in [4.69, 9.17) is 11.0 Å². The largest absolute Gasteiger partial charge is 0.341 e. The summed E-state index contributed by atoms with van der Waals surface area (Å²) in [5, 5.41) is 10.8. The first-order chi connectivity index (χ1) is 9.04. The van der Waals surface area contributed by atoms with Gasteiger partial charge in [-0.25, -0.2) is 0 Å². The summed E-state index contributed by atoms with van der Waals surface area (Å²) in [4.78, 5) is 24.9. The summed E-state index contributed by atoms with van der Waals surface area (Å²) in [6.07, 6.45) is 0. The first-order valence-electron chi connectivity index (χ1n) is 5.54. The summed E-state index contributed by atoms with van der Waals surface area (Å²) in [5.74, 6) is -0.710. The van der Waals surface area contributed by atoms with Gasteiger partial charge in [-0.3, -0.25) is 9.59 Å². The third-order valence-electron chi connectivity index (χ3n) is 2.81. The van der Waals surface area contributed by atoms with E-state index in [-0.39, 0.29) is 19.0 Å². The fraction of sp³-hybridized carbons (Fsp3) is 0.250. The van der Waals surface area contributed by atoms with E-state index in [1.54, 1.807) is 24.3 Å². The molecule has 1 aliphatic rings. The van der Waals surface area contributed by atoms with E-state index in [1.165, 1.54) is 4.90 Å². The quantitative estimate of drug-likeness (QED) is 0.788. The molecule has 1 aliphatic heterocycles. The summed E-state index contributed by atoms with van der Waals surface area (Å²) >= 11 is 3.32. The van der Waals surface area contributed by atoms with Crippen molar-refractivity contribution in [3.63, 3.8) is 0 Å². The fourth-order valence-corrected chi connectivity index (χ4v) is 2.32. The third kappa shape index (κ3) is 2.59. The Morgan fingerprint density at radius 2 is 2.32 bits per heavy atom.